The van der Waals surface area contributed by atoms with Crippen molar-refractivity contribution in [2.24, 2.45) is 0 Å². The van der Waals surface area contributed by atoms with Crippen LogP contribution in [-0.4, -0.2) is 16.1 Å². The summed E-state index contributed by atoms with van der Waals surface area (Å²) >= 11 is 4.89. The second-order valence-electron chi connectivity index (χ2n) is 5.76. The van der Waals surface area contributed by atoms with Gasteiger partial charge in [-0.15, -0.1) is 16.4 Å². The average Bonchev–Trinajstić information content (AvgIpc) is 3.33. The van der Waals surface area contributed by atoms with Crippen LogP contribution < -0.4 is 5.32 Å². The van der Waals surface area contributed by atoms with Crippen molar-refractivity contribution in [1.29, 1.82) is 0 Å². The molecule has 27 heavy (non-hydrogen) atoms. The van der Waals surface area contributed by atoms with Crippen molar-refractivity contribution in [3.05, 3.63) is 87.7 Å². The molecule has 0 aliphatic rings. The Kier molecular flexibility index (Phi) is 5.13. The number of rotatable bonds is 5. The van der Waals surface area contributed by atoms with Crippen LogP contribution in [0.2, 0.25) is 0 Å². The molecule has 134 valence electrons. The zero-order valence-electron chi connectivity index (χ0n) is 14.0. The molecule has 0 spiro atoms. The highest BCUT2D eigenvalue weighted by Gasteiger charge is 2.24. The first-order valence-corrected chi connectivity index (χ1v) is 9.81. The van der Waals surface area contributed by atoms with Gasteiger partial charge in [-0.3, -0.25) is 10.1 Å². The van der Waals surface area contributed by atoms with Gasteiger partial charge in [0.1, 0.15) is 0 Å². The number of benzene rings is 2. The summed E-state index contributed by atoms with van der Waals surface area (Å²) in [4.78, 5) is 13.9. The van der Waals surface area contributed by atoms with Gasteiger partial charge < -0.3 is 4.42 Å². The fraction of sp³-hybridized carbons (Fsp3) is 0.0500. The van der Waals surface area contributed by atoms with E-state index in [4.69, 9.17) is 4.42 Å². The maximum Gasteiger partial charge on any atom is 0.322 e. The van der Waals surface area contributed by atoms with E-state index < -0.39 is 5.92 Å². The quantitative estimate of drug-likeness (QED) is 0.456. The third kappa shape index (κ3) is 3.99. The Hall–Kier alpha value is -2.77. The molecular weight excluding hydrogens is 426 g/mol. The summed E-state index contributed by atoms with van der Waals surface area (Å²) in [5, 5.41) is 10.7. The van der Waals surface area contributed by atoms with Gasteiger partial charge in [-0.2, -0.15) is 0 Å². The smallest absolute Gasteiger partial charge is 0.322 e. The summed E-state index contributed by atoms with van der Waals surface area (Å²) in [5.74, 6) is -0.328. The average molecular weight is 440 g/mol. The molecule has 0 aliphatic heterocycles. The topological polar surface area (TPSA) is 68.0 Å². The number of aromatic nitrogens is 2. The molecule has 2 aromatic carbocycles. The summed E-state index contributed by atoms with van der Waals surface area (Å²) in [7, 11) is 0. The minimum Gasteiger partial charge on any atom is -0.402 e. The molecule has 0 unspecified atom stereocenters. The number of nitrogens with zero attached hydrogens (tertiary/aromatic N) is 2. The molecule has 0 aliphatic carbocycles. The highest BCUT2D eigenvalue weighted by Crippen LogP contribution is 2.31. The molecule has 0 bridgehead atoms. The number of nitrogens with one attached hydrogen (secondary N) is 1. The van der Waals surface area contributed by atoms with E-state index in [0.29, 0.717) is 5.89 Å². The Morgan fingerprint density at radius 2 is 1.56 bits per heavy atom. The molecular formula is C20H14BrN3O2S. The van der Waals surface area contributed by atoms with Crippen LogP contribution in [0.3, 0.4) is 0 Å². The van der Waals surface area contributed by atoms with Crippen molar-refractivity contribution in [3.8, 4) is 10.8 Å². The van der Waals surface area contributed by atoms with Gasteiger partial charge in [0.15, 0.2) is 0 Å². The second-order valence-corrected chi connectivity index (χ2v) is 8.22. The molecule has 5 nitrogen and oxygen atoms in total. The first-order chi connectivity index (χ1) is 13.2. The lowest BCUT2D eigenvalue weighted by Gasteiger charge is -2.16. The number of amides is 1. The number of hydrogen-bond acceptors (Lipinski definition) is 5. The molecule has 2 aromatic heterocycles. The summed E-state index contributed by atoms with van der Waals surface area (Å²) in [6.45, 7) is 0. The highest BCUT2D eigenvalue weighted by molar-refractivity contribution is 9.11. The lowest BCUT2D eigenvalue weighted by molar-refractivity contribution is -0.116. The summed E-state index contributed by atoms with van der Waals surface area (Å²) < 4.78 is 6.58. The summed E-state index contributed by atoms with van der Waals surface area (Å²) in [6, 6.07) is 23.1. The molecule has 0 saturated heterocycles. The van der Waals surface area contributed by atoms with Gasteiger partial charge in [0.25, 0.3) is 5.89 Å². The van der Waals surface area contributed by atoms with Crippen LogP contribution >= 0.6 is 27.3 Å². The van der Waals surface area contributed by atoms with Crippen LogP contribution in [0.25, 0.3) is 10.8 Å². The minimum absolute atomic E-state index is 0.0800. The first-order valence-electron chi connectivity index (χ1n) is 8.20. The third-order valence-electron chi connectivity index (χ3n) is 3.97. The van der Waals surface area contributed by atoms with E-state index in [2.05, 4.69) is 31.4 Å². The monoisotopic (exact) mass is 439 g/mol. The van der Waals surface area contributed by atoms with Crippen LogP contribution in [0.4, 0.5) is 6.01 Å². The number of hydrogen-bond donors (Lipinski definition) is 1. The molecule has 0 saturated carbocycles. The zero-order chi connectivity index (χ0) is 18.6. The van der Waals surface area contributed by atoms with Crippen molar-refractivity contribution < 1.29 is 9.21 Å². The maximum atomic E-state index is 13.0. The van der Waals surface area contributed by atoms with E-state index in [1.165, 1.54) is 11.3 Å². The Morgan fingerprint density at radius 1 is 0.926 bits per heavy atom. The van der Waals surface area contributed by atoms with Crippen LogP contribution in [0.15, 0.2) is 81.0 Å². The van der Waals surface area contributed by atoms with E-state index in [0.717, 1.165) is 19.8 Å². The van der Waals surface area contributed by atoms with Gasteiger partial charge in [0.05, 0.1) is 14.6 Å². The van der Waals surface area contributed by atoms with E-state index in [1.54, 1.807) is 0 Å². The van der Waals surface area contributed by atoms with Gasteiger partial charge in [-0.25, -0.2) is 0 Å². The number of carbonyl (C=O) groups excluding carboxylic acids is 1. The molecule has 1 N–H and O–H groups in total. The summed E-state index contributed by atoms with van der Waals surface area (Å²) in [5.41, 5.74) is 1.78. The van der Waals surface area contributed by atoms with Crippen molar-refractivity contribution in [2.75, 3.05) is 5.32 Å². The normalized spacial score (nSPS) is 10.9. The lowest BCUT2D eigenvalue weighted by atomic mass is 9.90. The van der Waals surface area contributed by atoms with E-state index >= 15 is 0 Å². The van der Waals surface area contributed by atoms with Crippen molar-refractivity contribution >= 4 is 39.2 Å². The largest absolute Gasteiger partial charge is 0.402 e. The highest BCUT2D eigenvalue weighted by atomic mass is 79.9. The van der Waals surface area contributed by atoms with Gasteiger partial charge >= 0.3 is 6.01 Å². The maximum absolute atomic E-state index is 13.0. The molecule has 0 radical (unpaired) electrons. The lowest BCUT2D eigenvalue weighted by Crippen LogP contribution is -2.22. The Morgan fingerprint density at radius 3 is 2.11 bits per heavy atom. The summed E-state index contributed by atoms with van der Waals surface area (Å²) in [6.07, 6.45) is 0. The Labute approximate surface area is 168 Å². The number of carbonyl (C=O) groups is 1. The van der Waals surface area contributed by atoms with Gasteiger partial charge in [0.2, 0.25) is 5.91 Å². The molecule has 1 amide bonds. The van der Waals surface area contributed by atoms with Crippen LogP contribution in [0.5, 0.6) is 0 Å². The number of thiophene rings is 1. The Balaban J connectivity index is 1.60. The van der Waals surface area contributed by atoms with Crippen molar-refractivity contribution in [3.63, 3.8) is 0 Å². The minimum atomic E-state index is -0.473. The molecule has 4 rings (SSSR count). The predicted octanol–water partition coefficient (Wildman–Crippen LogP) is 5.33. The third-order valence-corrected chi connectivity index (χ3v) is 5.58. The zero-order valence-corrected chi connectivity index (χ0v) is 16.4. The molecule has 4 aromatic rings. The predicted molar refractivity (Wildman–Crippen MR) is 109 cm³/mol. The van der Waals surface area contributed by atoms with Crippen molar-refractivity contribution in [1.82, 2.24) is 10.2 Å². The number of anilines is 1. The van der Waals surface area contributed by atoms with E-state index in [-0.39, 0.29) is 11.9 Å². The van der Waals surface area contributed by atoms with Gasteiger partial charge in [0, 0.05) is 0 Å². The fourth-order valence-corrected chi connectivity index (χ4v) is 4.07. The first kappa shape index (κ1) is 17.6. The molecule has 7 heteroatoms. The molecule has 2 heterocycles. The fourth-order valence-electron chi connectivity index (χ4n) is 2.77. The van der Waals surface area contributed by atoms with E-state index in [1.807, 2.05) is 72.8 Å². The number of halogens is 1. The molecule has 0 atom stereocenters. The van der Waals surface area contributed by atoms with Gasteiger partial charge in [-0.05, 0) is 39.2 Å². The standard InChI is InChI=1S/C20H14BrN3O2S/c21-16-12-11-15(27-16)19-23-24-20(26-19)22-18(25)17(13-7-3-1-4-8-13)14-9-5-2-6-10-14/h1-12,17H,(H,22,24,25). The van der Waals surface area contributed by atoms with Crippen molar-refractivity contribution in [2.45, 2.75) is 5.92 Å². The van der Waals surface area contributed by atoms with Crippen LogP contribution in [0.1, 0.15) is 17.0 Å². The van der Waals surface area contributed by atoms with E-state index in [9.17, 15) is 4.79 Å². The second kappa shape index (κ2) is 7.85. The Bertz CT molecular complexity index is 1010. The van der Waals surface area contributed by atoms with Crippen LogP contribution in [0, 0.1) is 0 Å². The van der Waals surface area contributed by atoms with Crippen LogP contribution in [-0.2, 0) is 4.79 Å². The SMILES string of the molecule is O=C(Nc1nnc(-c2ccc(Br)s2)o1)C(c1ccccc1)c1ccccc1. The molecule has 0 fully saturated rings. The van der Waals surface area contributed by atoms with Gasteiger partial charge in [-0.1, -0.05) is 65.8 Å².